The maximum atomic E-state index is 11.4. The van der Waals surface area contributed by atoms with Crippen LogP contribution in [-0.2, 0) is 25.0 Å². The van der Waals surface area contributed by atoms with Gasteiger partial charge in [-0.05, 0) is 63.3 Å². The van der Waals surface area contributed by atoms with Gasteiger partial charge in [-0.15, -0.1) is 0 Å². The summed E-state index contributed by atoms with van der Waals surface area (Å²) < 4.78 is 10.8. The van der Waals surface area contributed by atoms with Gasteiger partial charge in [-0.25, -0.2) is 0 Å². The van der Waals surface area contributed by atoms with Crippen molar-refractivity contribution < 1.29 is 14.4 Å². The minimum Gasteiger partial charge on any atom is -0.497 e. The molecule has 2 aliphatic rings. The molecule has 0 amide bonds. The Balaban J connectivity index is 1.54. The fourth-order valence-electron chi connectivity index (χ4n) is 4.54. The number of likely N-dealkylation sites (tertiary alicyclic amines) is 1. The lowest BCUT2D eigenvalue weighted by Crippen LogP contribution is -2.45. The van der Waals surface area contributed by atoms with Gasteiger partial charge in [0.1, 0.15) is 22.8 Å². The van der Waals surface area contributed by atoms with Gasteiger partial charge >= 0.3 is 0 Å². The normalized spacial score (nSPS) is 22.8. The fraction of sp³-hybridized carbons (Fsp3) is 0.571. The predicted octanol–water partition coefficient (Wildman–Crippen LogP) is 3.43. The molecular formula is C21H28N2O3. The summed E-state index contributed by atoms with van der Waals surface area (Å²) in [6.07, 6.45) is 6.57. The van der Waals surface area contributed by atoms with Gasteiger partial charge in [0.05, 0.1) is 7.11 Å². The molecule has 2 atom stereocenters. The molecule has 0 unspecified atom stereocenters. The van der Waals surface area contributed by atoms with E-state index in [0.29, 0.717) is 0 Å². The molecule has 0 bridgehead atoms. The van der Waals surface area contributed by atoms with Crippen molar-refractivity contribution in [3.8, 4) is 5.75 Å². The molecule has 1 aromatic carbocycles. The van der Waals surface area contributed by atoms with Crippen LogP contribution in [0.5, 0.6) is 5.75 Å². The number of rotatable bonds is 5. The summed E-state index contributed by atoms with van der Waals surface area (Å²) in [4.78, 5) is 2.37. The molecule has 1 saturated heterocycles. The molecule has 4 rings (SSSR count). The van der Waals surface area contributed by atoms with E-state index >= 15 is 0 Å². The molecule has 1 aliphatic heterocycles. The van der Waals surface area contributed by atoms with Gasteiger partial charge in [0.2, 0.25) is 0 Å². The molecule has 140 valence electrons. The van der Waals surface area contributed by atoms with E-state index in [1.165, 1.54) is 18.4 Å². The van der Waals surface area contributed by atoms with Gasteiger partial charge in [0.25, 0.3) is 0 Å². The van der Waals surface area contributed by atoms with Crippen molar-refractivity contribution in [3.63, 3.8) is 0 Å². The highest BCUT2D eigenvalue weighted by Gasteiger charge is 2.41. The third-order valence-electron chi connectivity index (χ3n) is 6.07. The number of ether oxygens (including phenoxy) is 1. The first kappa shape index (κ1) is 17.6. The van der Waals surface area contributed by atoms with Crippen LogP contribution < -0.4 is 4.74 Å². The van der Waals surface area contributed by atoms with Crippen LogP contribution in [0, 0.1) is 0 Å². The molecule has 1 aromatic heterocycles. The first-order valence-electron chi connectivity index (χ1n) is 9.67. The lowest BCUT2D eigenvalue weighted by Gasteiger charge is -2.37. The number of aliphatic hydroxyl groups is 1. The van der Waals surface area contributed by atoms with Crippen LogP contribution in [0.15, 0.2) is 28.8 Å². The summed E-state index contributed by atoms with van der Waals surface area (Å²) in [7, 11) is 1.66. The molecule has 1 N–H and O–H groups in total. The van der Waals surface area contributed by atoms with Gasteiger partial charge in [-0.3, -0.25) is 4.90 Å². The Morgan fingerprint density at radius 2 is 2.00 bits per heavy atom. The van der Waals surface area contributed by atoms with Crippen molar-refractivity contribution in [2.45, 2.75) is 63.6 Å². The summed E-state index contributed by atoms with van der Waals surface area (Å²) in [6.45, 7) is 3.67. The van der Waals surface area contributed by atoms with Crippen LogP contribution >= 0.6 is 0 Å². The van der Waals surface area contributed by atoms with Crippen LogP contribution in [0.4, 0.5) is 0 Å². The van der Waals surface area contributed by atoms with Crippen LogP contribution in [0.1, 0.15) is 55.2 Å². The van der Waals surface area contributed by atoms with Gasteiger partial charge in [0, 0.05) is 24.6 Å². The van der Waals surface area contributed by atoms with Crippen molar-refractivity contribution >= 4 is 0 Å². The Labute approximate surface area is 154 Å². The molecule has 2 aromatic rings. The molecule has 0 radical (unpaired) electrons. The molecule has 0 saturated carbocycles. The molecule has 0 spiro atoms. The average molecular weight is 356 g/mol. The van der Waals surface area contributed by atoms with E-state index in [-0.39, 0.29) is 6.04 Å². The van der Waals surface area contributed by atoms with Gasteiger partial charge in [-0.1, -0.05) is 17.3 Å². The van der Waals surface area contributed by atoms with Crippen molar-refractivity contribution in [3.05, 3.63) is 46.8 Å². The number of hydrogen-bond acceptors (Lipinski definition) is 5. The van der Waals surface area contributed by atoms with Crippen LogP contribution in [0.3, 0.4) is 0 Å². The number of aromatic nitrogens is 1. The summed E-state index contributed by atoms with van der Waals surface area (Å²) in [5.74, 6) is 1.88. The van der Waals surface area contributed by atoms with Crippen molar-refractivity contribution in [2.75, 3.05) is 13.7 Å². The van der Waals surface area contributed by atoms with E-state index in [2.05, 4.69) is 10.1 Å². The Hall–Kier alpha value is -1.85. The zero-order chi connectivity index (χ0) is 18.1. The first-order valence-corrected chi connectivity index (χ1v) is 9.67. The number of fused-ring (bicyclic) bond motifs is 1. The monoisotopic (exact) mass is 356 g/mol. The number of benzene rings is 1. The Morgan fingerprint density at radius 3 is 2.77 bits per heavy atom. The second-order valence-corrected chi connectivity index (χ2v) is 7.74. The second-order valence-electron chi connectivity index (χ2n) is 7.74. The summed E-state index contributed by atoms with van der Waals surface area (Å²) in [5, 5.41) is 15.7. The summed E-state index contributed by atoms with van der Waals surface area (Å²) >= 11 is 0. The van der Waals surface area contributed by atoms with Gasteiger partial charge in [0.15, 0.2) is 0 Å². The van der Waals surface area contributed by atoms with E-state index < -0.39 is 5.60 Å². The van der Waals surface area contributed by atoms with Crippen LogP contribution in [0.25, 0.3) is 0 Å². The number of nitrogens with zero attached hydrogens (tertiary/aromatic N) is 2. The summed E-state index contributed by atoms with van der Waals surface area (Å²) in [5.41, 5.74) is 2.40. The molecular weight excluding hydrogens is 328 g/mol. The van der Waals surface area contributed by atoms with Gasteiger partial charge in [-0.2, -0.15) is 0 Å². The Morgan fingerprint density at radius 1 is 1.23 bits per heavy atom. The lowest BCUT2D eigenvalue weighted by atomic mass is 9.86. The van der Waals surface area contributed by atoms with E-state index in [1.807, 2.05) is 31.2 Å². The minimum absolute atomic E-state index is 0.0758. The standard InChI is InChI=1S/C21H28N2O3/c1-21(24,15-9-11-16(25-2)12-10-15)20-8-5-13-23(20)14-18-17-6-3-4-7-19(17)26-22-18/h9-12,20,24H,3-8,13-14H2,1-2H3/t20-,21-/m1/s1. The summed E-state index contributed by atoms with van der Waals surface area (Å²) in [6, 6.07) is 7.83. The van der Waals surface area contributed by atoms with Crippen molar-refractivity contribution in [1.29, 1.82) is 0 Å². The highest BCUT2D eigenvalue weighted by atomic mass is 16.5. The van der Waals surface area contributed by atoms with Crippen LogP contribution in [-0.4, -0.2) is 34.9 Å². The highest BCUT2D eigenvalue weighted by molar-refractivity contribution is 5.32. The van der Waals surface area contributed by atoms with E-state index in [9.17, 15) is 5.11 Å². The highest BCUT2D eigenvalue weighted by Crippen LogP contribution is 2.37. The maximum absolute atomic E-state index is 11.4. The number of hydrogen-bond donors (Lipinski definition) is 1. The second kappa shape index (κ2) is 7.05. The smallest absolute Gasteiger partial charge is 0.140 e. The molecule has 5 nitrogen and oxygen atoms in total. The van der Waals surface area contributed by atoms with Crippen LogP contribution in [0.2, 0.25) is 0 Å². The van der Waals surface area contributed by atoms with Crippen molar-refractivity contribution in [2.24, 2.45) is 0 Å². The van der Waals surface area contributed by atoms with Gasteiger partial charge < -0.3 is 14.4 Å². The first-order chi connectivity index (χ1) is 12.6. The molecule has 1 aliphatic carbocycles. The molecule has 2 heterocycles. The lowest BCUT2D eigenvalue weighted by molar-refractivity contribution is -0.0260. The maximum Gasteiger partial charge on any atom is 0.140 e. The van der Waals surface area contributed by atoms with E-state index in [0.717, 1.165) is 61.5 Å². The average Bonchev–Trinajstić information content (AvgIpc) is 3.30. The zero-order valence-corrected chi connectivity index (χ0v) is 15.7. The molecule has 1 fully saturated rings. The molecule has 5 heteroatoms. The van der Waals surface area contributed by atoms with E-state index in [1.54, 1.807) is 7.11 Å². The van der Waals surface area contributed by atoms with E-state index in [4.69, 9.17) is 9.26 Å². The largest absolute Gasteiger partial charge is 0.497 e. The Kier molecular flexibility index (Phi) is 4.76. The third-order valence-corrected chi connectivity index (χ3v) is 6.07. The minimum atomic E-state index is -0.910. The predicted molar refractivity (Wildman–Crippen MR) is 99.1 cm³/mol. The topological polar surface area (TPSA) is 58.7 Å². The zero-order valence-electron chi connectivity index (χ0n) is 15.7. The SMILES string of the molecule is COc1ccc([C@@](C)(O)[C@H]2CCCN2Cc2noc3c2CCCC3)cc1. The number of methoxy groups -OCH3 is 1. The molecule has 26 heavy (non-hydrogen) atoms. The van der Waals surface area contributed by atoms with Crippen molar-refractivity contribution in [1.82, 2.24) is 10.1 Å². The Bertz CT molecular complexity index is 751. The quantitative estimate of drug-likeness (QED) is 0.889. The third kappa shape index (κ3) is 3.14. The fourth-order valence-corrected chi connectivity index (χ4v) is 4.54. The number of aryl methyl sites for hydroxylation is 1.